The maximum absolute atomic E-state index is 12.3. The number of nitrogens with zero attached hydrogens (tertiary/aromatic N) is 3. The van der Waals surface area contributed by atoms with Crippen LogP contribution in [0.2, 0.25) is 0 Å². The summed E-state index contributed by atoms with van der Waals surface area (Å²) < 4.78 is 5.48. The fourth-order valence-corrected chi connectivity index (χ4v) is 3.50. The zero-order valence-corrected chi connectivity index (χ0v) is 18.9. The highest BCUT2D eigenvalue weighted by molar-refractivity contribution is 5.69. The van der Waals surface area contributed by atoms with Crippen molar-refractivity contribution < 1.29 is 14.6 Å². The first-order valence-electron chi connectivity index (χ1n) is 10.5. The third kappa shape index (κ3) is 5.23. The first-order valence-corrected chi connectivity index (χ1v) is 10.5. The number of hydrogen-bond donors (Lipinski definition) is 1. The second-order valence-electron chi connectivity index (χ2n) is 9.82. The zero-order valence-electron chi connectivity index (χ0n) is 18.9. The molecule has 0 spiro atoms. The zero-order chi connectivity index (χ0) is 22.1. The van der Waals surface area contributed by atoms with Crippen LogP contribution in [0.1, 0.15) is 47.1 Å². The van der Waals surface area contributed by atoms with Crippen molar-refractivity contribution in [3.8, 4) is 17.0 Å². The average molecular weight is 412 g/mol. The van der Waals surface area contributed by atoms with E-state index in [9.17, 15) is 9.90 Å². The molecular formula is C24H33N3O3. The number of carbonyl (C=O) groups is 1. The van der Waals surface area contributed by atoms with Crippen molar-refractivity contribution in [2.75, 3.05) is 31.1 Å². The van der Waals surface area contributed by atoms with Crippen molar-refractivity contribution in [3.05, 3.63) is 42.0 Å². The minimum absolute atomic E-state index is 0.157. The van der Waals surface area contributed by atoms with Gasteiger partial charge < -0.3 is 19.6 Å². The van der Waals surface area contributed by atoms with Gasteiger partial charge in [0.15, 0.2) is 0 Å². The van der Waals surface area contributed by atoms with Crippen LogP contribution in [0.3, 0.4) is 0 Å². The molecule has 6 heteroatoms. The predicted octanol–water partition coefficient (Wildman–Crippen LogP) is 4.81. The molecule has 6 nitrogen and oxygen atoms in total. The average Bonchev–Trinajstić information content (AvgIpc) is 2.66. The van der Waals surface area contributed by atoms with Crippen LogP contribution in [0.5, 0.6) is 5.75 Å². The third-order valence-corrected chi connectivity index (χ3v) is 5.09. The van der Waals surface area contributed by atoms with Crippen LogP contribution < -0.4 is 4.90 Å². The molecule has 0 bridgehead atoms. The largest absolute Gasteiger partial charge is 0.508 e. The van der Waals surface area contributed by atoms with Gasteiger partial charge in [-0.25, -0.2) is 9.78 Å². The Balaban J connectivity index is 1.74. The third-order valence-electron chi connectivity index (χ3n) is 5.09. The van der Waals surface area contributed by atoms with Crippen LogP contribution in [0.15, 0.2) is 36.4 Å². The summed E-state index contributed by atoms with van der Waals surface area (Å²) in [6.07, 6.45) is -0.261. The fourth-order valence-electron chi connectivity index (χ4n) is 3.50. The number of aromatic nitrogens is 1. The van der Waals surface area contributed by atoms with Gasteiger partial charge in [-0.1, -0.05) is 26.8 Å². The number of hydrogen-bond acceptors (Lipinski definition) is 5. The molecule has 1 N–H and O–H groups in total. The SMILES string of the molecule is CC(C)(C)OC(=O)N1CCN(c2cccc(-c3ccc(O)c(C(C)(C)C)c3)n2)CC1. The Morgan fingerprint density at radius 2 is 1.67 bits per heavy atom. The molecule has 1 aliphatic heterocycles. The smallest absolute Gasteiger partial charge is 0.410 e. The number of aromatic hydroxyl groups is 1. The van der Waals surface area contributed by atoms with E-state index in [1.165, 1.54) is 0 Å². The van der Waals surface area contributed by atoms with Crippen molar-refractivity contribution in [2.24, 2.45) is 0 Å². The van der Waals surface area contributed by atoms with Gasteiger partial charge in [0.25, 0.3) is 0 Å². The maximum atomic E-state index is 12.3. The molecule has 0 saturated carbocycles. The van der Waals surface area contributed by atoms with E-state index in [4.69, 9.17) is 9.72 Å². The number of pyridine rings is 1. The van der Waals surface area contributed by atoms with Gasteiger partial charge in [0.1, 0.15) is 17.2 Å². The summed E-state index contributed by atoms with van der Waals surface area (Å²) in [5.41, 5.74) is 2.10. The molecule has 3 rings (SSSR count). The van der Waals surface area contributed by atoms with Gasteiger partial charge in [-0.3, -0.25) is 0 Å². The van der Waals surface area contributed by atoms with Crippen LogP contribution in [-0.4, -0.2) is 52.9 Å². The molecule has 0 atom stereocenters. The number of anilines is 1. The van der Waals surface area contributed by atoms with Crippen molar-refractivity contribution in [3.63, 3.8) is 0 Å². The number of piperazine rings is 1. The highest BCUT2D eigenvalue weighted by Crippen LogP contribution is 2.34. The first-order chi connectivity index (χ1) is 13.9. The molecule has 1 amide bonds. The molecule has 0 aliphatic carbocycles. The van der Waals surface area contributed by atoms with Crippen LogP contribution in [0, 0.1) is 0 Å². The second kappa shape index (κ2) is 8.17. The van der Waals surface area contributed by atoms with E-state index in [2.05, 4.69) is 25.7 Å². The molecule has 1 fully saturated rings. The van der Waals surface area contributed by atoms with Crippen molar-refractivity contribution in [1.29, 1.82) is 0 Å². The van der Waals surface area contributed by atoms with Crippen molar-refractivity contribution in [1.82, 2.24) is 9.88 Å². The number of phenols is 1. The summed E-state index contributed by atoms with van der Waals surface area (Å²) in [5, 5.41) is 10.2. The van der Waals surface area contributed by atoms with E-state index in [-0.39, 0.29) is 11.5 Å². The van der Waals surface area contributed by atoms with Crippen LogP contribution in [-0.2, 0) is 10.2 Å². The van der Waals surface area contributed by atoms with E-state index in [1.54, 1.807) is 11.0 Å². The number of amides is 1. The molecule has 2 aromatic rings. The molecule has 2 heterocycles. The molecular weight excluding hydrogens is 378 g/mol. The van der Waals surface area contributed by atoms with Gasteiger partial charge in [-0.15, -0.1) is 0 Å². The molecule has 1 aliphatic rings. The van der Waals surface area contributed by atoms with Gasteiger partial charge in [-0.2, -0.15) is 0 Å². The van der Waals surface area contributed by atoms with E-state index < -0.39 is 5.60 Å². The van der Waals surface area contributed by atoms with Gasteiger partial charge in [0, 0.05) is 31.7 Å². The highest BCUT2D eigenvalue weighted by atomic mass is 16.6. The van der Waals surface area contributed by atoms with E-state index >= 15 is 0 Å². The lowest BCUT2D eigenvalue weighted by Crippen LogP contribution is -2.50. The molecule has 0 unspecified atom stereocenters. The Bertz CT molecular complexity index is 905. The summed E-state index contributed by atoms with van der Waals surface area (Å²) in [7, 11) is 0. The van der Waals surface area contributed by atoms with Gasteiger partial charge in [0.05, 0.1) is 5.69 Å². The van der Waals surface area contributed by atoms with Crippen molar-refractivity contribution in [2.45, 2.75) is 52.6 Å². The summed E-state index contributed by atoms with van der Waals surface area (Å²) in [6, 6.07) is 11.6. The number of benzene rings is 1. The van der Waals surface area contributed by atoms with Crippen molar-refractivity contribution >= 4 is 11.9 Å². The molecule has 1 saturated heterocycles. The van der Waals surface area contributed by atoms with Crippen LogP contribution in [0.4, 0.5) is 10.6 Å². The molecule has 30 heavy (non-hydrogen) atoms. The number of ether oxygens (including phenoxy) is 1. The van der Waals surface area contributed by atoms with Crippen LogP contribution >= 0.6 is 0 Å². The standard InChI is InChI=1S/C24H33N3O3/c1-23(2,3)18-16-17(10-11-20(18)28)19-8-7-9-21(25-19)26-12-14-27(15-13-26)22(29)30-24(4,5)6/h7-11,16,28H,12-15H2,1-6H3. The fraction of sp³-hybridized carbons (Fsp3) is 0.500. The minimum atomic E-state index is -0.486. The van der Waals surface area contributed by atoms with Gasteiger partial charge >= 0.3 is 6.09 Å². The monoisotopic (exact) mass is 411 g/mol. The summed E-state index contributed by atoms with van der Waals surface area (Å²) in [5.74, 6) is 1.20. The normalized spacial score (nSPS) is 15.3. The summed E-state index contributed by atoms with van der Waals surface area (Å²) in [6.45, 7) is 14.5. The summed E-state index contributed by atoms with van der Waals surface area (Å²) in [4.78, 5) is 21.1. The quantitative estimate of drug-likeness (QED) is 0.768. The molecule has 1 aromatic carbocycles. The van der Waals surface area contributed by atoms with Crippen LogP contribution in [0.25, 0.3) is 11.3 Å². The second-order valence-corrected chi connectivity index (χ2v) is 9.82. The first kappa shape index (κ1) is 21.9. The van der Waals surface area contributed by atoms with E-state index in [0.29, 0.717) is 31.9 Å². The Kier molecular flexibility index (Phi) is 5.97. The molecule has 0 radical (unpaired) electrons. The molecule has 162 valence electrons. The highest BCUT2D eigenvalue weighted by Gasteiger charge is 2.26. The number of rotatable bonds is 2. The Hall–Kier alpha value is -2.76. The lowest BCUT2D eigenvalue weighted by molar-refractivity contribution is 0.0240. The molecule has 1 aromatic heterocycles. The number of carbonyl (C=O) groups excluding carboxylic acids is 1. The Labute approximate surface area is 179 Å². The van der Waals surface area contributed by atoms with Gasteiger partial charge in [0.2, 0.25) is 0 Å². The Morgan fingerprint density at radius 3 is 2.27 bits per heavy atom. The summed E-state index contributed by atoms with van der Waals surface area (Å²) >= 11 is 0. The van der Waals surface area contributed by atoms with E-state index in [0.717, 1.165) is 22.6 Å². The van der Waals surface area contributed by atoms with E-state index in [1.807, 2.05) is 51.1 Å². The van der Waals surface area contributed by atoms with Gasteiger partial charge in [-0.05, 0) is 62.1 Å². The number of phenolic OH excluding ortho intramolecular Hbond substituents is 1. The topological polar surface area (TPSA) is 65.9 Å². The Morgan fingerprint density at radius 1 is 1.00 bits per heavy atom. The lowest BCUT2D eigenvalue weighted by Gasteiger charge is -2.36. The predicted molar refractivity (Wildman–Crippen MR) is 120 cm³/mol. The lowest BCUT2D eigenvalue weighted by atomic mass is 9.85. The minimum Gasteiger partial charge on any atom is -0.508 e. The maximum Gasteiger partial charge on any atom is 0.410 e.